The summed E-state index contributed by atoms with van der Waals surface area (Å²) in [6, 6.07) is 9.03. The highest BCUT2D eigenvalue weighted by atomic mass is 16.5. The first kappa shape index (κ1) is 10.5. The van der Waals surface area contributed by atoms with Gasteiger partial charge in [-0.05, 0) is 31.2 Å². The minimum absolute atomic E-state index is 0.587. The standard InChI is InChI=1S/C13H12O3/c1-9-3-6-12(16-9)11-5-4-10(8-14)7-13(11)15-2/h3-8H,1-2H3. The maximum absolute atomic E-state index is 10.6. The van der Waals surface area contributed by atoms with Gasteiger partial charge in [0, 0.05) is 5.56 Å². The monoisotopic (exact) mass is 216 g/mol. The van der Waals surface area contributed by atoms with Crippen LogP contribution in [0.3, 0.4) is 0 Å². The number of hydrogen-bond acceptors (Lipinski definition) is 3. The molecule has 0 N–H and O–H groups in total. The third-order valence-electron chi connectivity index (χ3n) is 2.37. The maximum Gasteiger partial charge on any atom is 0.150 e. The molecule has 1 aromatic carbocycles. The van der Waals surface area contributed by atoms with E-state index in [2.05, 4.69) is 0 Å². The maximum atomic E-state index is 10.6. The van der Waals surface area contributed by atoms with Crippen LogP contribution in [0.15, 0.2) is 34.7 Å². The van der Waals surface area contributed by atoms with E-state index in [-0.39, 0.29) is 0 Å². The average molecular weight is 216 g/mol. The molecule has 16 heavy (non-hydrogen) atoms. The molecule has 0 saturated carbocycles. The van der Waals surface area contributed by atoms with E-state index in [0.29, 0.717) is 11.3 Å². The lowest BCUT2D eigenvalue weighted by Crippen LogP contribution is -1.89. The molecule has 0 aliphatic rings. The largest absolute Gasteiger partial charge is 0.496 e. The summed E-state index contributed by atoms with van der Waals surface area (Å²) in [6.07, 6.45) is 0.791. The molecule has 2 aromatic rings. The van der Waals surface area contributed by atoms with E-state index in [0.717, 1.165) is 23.4 Å². The number of carbonyl (C=O) groups is 1. The highest BCUT2D eigenvalue weighted by Gasteiger charge is 2.09. The van der Waals surface area contributed by atoms with Gasteiger partial charge in [0.05, 0.1) is 12.7 Å². The SMILES string of the molecule is COc1cc(C=O)ccc1-c1ccc(C)o1. The van der Waals surface area contributed by atoms with Crippen molar-refractivity contribution in [2.45, 2.75) is 6.92 Å². The normalized spacial score (nSPS) is 10.1. The second-order valence-corrected chi connectivity index (χ2v) is 3.49. The van der Waals surface area contributed by atoms with E-state index in [4.69, 9.17) is 9.15 Å². The zero-order chi connectivity index (χ0) is 11.5. The van der Waals surface area contributed by atoms with E-state index in [9.17, 15) is 4.79 Å². The highest BCUT2D eigenvalue weighted by molar-refractivity contribution is 5.79. The molecule has 0 amide bonds. The fourth-order valence-corrected chi connectivity index (χ4v) is 1.56. The van der Waals surface area contributed by atoms with E-state index in [1.165, 1.54) is 0 Å². The molecular weight excluding hydrogens is 204 g/mol. The molecule has 0 spiro atoms. The van der Waals surface area contributed by atoms with Crippen LogP contribution in [-0.4, -0.2) is 13.4 Å². The summed E-state index contributed by atoms with van der Waals surface area (Å²) in [7, 11) is 1.57. The molecule has 0 unspecified atom stereocenters. The minimum atomic E-state index is 0.587. The molecule has 0 atom stereocenters. The van der Waals surface area contributed by atoms with Crippen LogP contribution in [0.25, 0.3) is 11.3 Å². The van der Waals surface area contributed by atoms with Crippen molar-refractivity contribution in [2.24, 2.45) is 0 Å². The van der Waals surface area contributed by atoms with Crippen LogP contribution < -0.4 is 4.74 Å². The molecule has 0 aliphatic carbocycles. The van der Waals surface area contributed by atoms with Gasteiger partial charge in [0.25, 0.3) is 0 Å². The predicted molar refractivity (Wildman–Crippen MR) is 60.8 cm³/mol. The zero-order valence-corrected chi connectivity index (χ0v) is 9.19. The smallest absolute Gasteiger partial charge is 0.150 e. The first-order valence-corrected chi connectivity index (χ1v) is 4.94. The molecule has 1 aromatic heterocycles. The van der Waals surface area contributed by atoms with Crippen LogP contribution >= 0.6 is 0 Å². The Labute approximate surface area is 93.7 Å². The Bertz CT molecular complexity index is 512. The number of aryl methyl sites for hydroxylation is 1. The lowest BCUT2D eigenvalue weighted by atomic mass is 10.1. The summed E-state index contributed by atoms with van der Waals surface area (Å²) in [5.41, 5.74) is 1.44. The molecule has 3 heteroatoms. The number of carbonyl (C=O) groups excluding carboxylic acids is 1. The molecule has 1 heterocycles. The van der Waals surface area contributed by atoms with E-state index in [1.54, 1.807) is 19.2 Å². The Morgan fingerprint density at radius 1 is 1.25 bits per heavy atom. The van der Waals surface area contributed by atoms with Gasteiger partial charge in [0.2, 0.25) is 0 Å². The van der Waals surface area contributed by atoms with Crippen molar-refractivity contribution in [1.82, 2.24) is 0 Å². The molecule has 0 saturated heterocycles. The number of ether oxygens (including phenoxy) is 1. The van der Waals surface area contributed by atoms with Crippen molar-refractivity contribution < 1.29 is 13.9 Å². The Hall–Kier alpha value is -2.03. The third kappa shape index (κ3) is 1.84. The first-order chi connectivity index (χ1) is 7.74. The van der Waals surface area contributed by atoms with Gasteiger partial charge >= 0.3 is 0 Å². The van der Waals surface area contributed by atoms with Crippen LogP contribution in [0, 0.1) is 6.92 Å². The Kier molecular flexibility index (Phi) is 2.77. The number of benzene rings is 1. The van der Waals surface area contributed by atoms with Crippen molar-refractivity contribution in [3.05, 3.63) is 41.7 Å². The molecule has 0 bridgehead atoms. The Morgan fingerprint density at radius 3 is 2.62 bits per heavy atom. The number of hydrogen-bond donors (Lipinski definition) is 0. The lowest BCUT2D eigenvalue weighted by molar-refractivity contribution is 0.112. The van der Waals surface area contributed by atoms with Crippen LogP contribution in [-0.2, 0) is 0 Å². The molecule has 2 rings (SSSR count). The van der Waals surface area contributed by atoms with Gasteiger partial charge in [0.1, 0.15) is 23.6 Å². The van der Waals surface area contributed by atoms with Crippen molar-refractivity contribution in [3.8, 4) is 17.1 Å². The Morgan fingerprint density at radius 2 is 2.06 bits per heavy atom. The van der Waals surface area contributed by atoms with Crippen molar-refractivity contribution in [3.63, 3.8) is 0 Å². The first-order valence-electron chi connectivity index (χ1n) is 4.94. The summed E-state index contributed by atoms with van der Waals surface area (Å²) in [6.45, 7) is 1.88. The quantitative estimate of drug-likeness (QED) is 0.740. The number of methoxy groups -OCH3 is 1. The van der Waals surface area contributed by atoms with Gasteiger partial charge in [-0.25, -0.2) is 0 Å². The summed E-state index contributed by atoms with van der Waals surface area (Å²) in [5.74, 6) is 2.22. The Balaban J connectivity index is 2.52. The second kappa shape index (κ2) is 4.23. The van der Waals surface area contributed by atoms with Crippen LogP contribution in [0.5, 0.6) is 5.75 Å². The highest BCUT2D eigenvalue weighted by Crippen LogP contribution is 2.31. The van der Waals surface area contributed by atoms with Crippen molar-refractivity contribution in [2.75, 3.05) is 7.11 Å². The second-order valence-electron chi connectivity index (χ2n) is 3.49. The molecule has 3 nitrogen and oxygen atoms in total. The fraction of sp³-hybridized carbons (Fsp3) is 0.154. The fourth-order valence-electron chi connectivity index (χ4n) is 1.56. The van der Waals surface area contributed by atoms with Crippen molar-refractivity contribution in [1.29, 1.82) is 0 Å². The van der Waals surface area contributed by atoms with E-state index >= 15 is 0 Å². The molecule has 0 aliphatic heterocycles. The van der Waals surface area contributed by atoms with E-state index in [1.807, 2.05) is 25.1 Å². The topological polar surface area (TPSA) is 39.4 Å². The van der Waals surface area contributed by atoms with Gasteiger partial charge < -0.3 is 9.15 Å². The average Bonchev–Trinajstić information content (AvgIpc) is 2.74. The summed E-state index contributed by atoms with van der Waals surface area (Å²) < 4.78 is 10.7. The van der Waals surface area contributed by atoms with E-state index < -0.39 is 0 Å². The summed E-state index contributed by atoms with van der Waals surface area (Å²) in [4.78, 5) is 10.6. The summed E-state index contributed by atoms with van der Waals surface area (Å²) in [5, 5.41) is 0. The molecule has 0 fully saturated rings. The summed E-state index contributed by atoms with van der Waals surface area (Å²) >= 11 is 0. The number of rotatable bonds is 3. The van der Waals surface area contributed by atoms with Crippen LogP contribution in [0.1, 0.15) is 16.1 Å². The van der Waals surface area contributed by atoms with Gasteiger partial charge in [-0.2, -0.15) is 0 Å². The van der Waals surface area contributed by atoms with Crippen molar-refractivity contribution >= 4 is 6.29 Å². The third-order valence-corrected chi connectivity index (χ3v) is 2.37. The zero-order valence-electron chi connectivity index (χ0n) is 9.19. The molecule has 0 radical (unpaired) electrons. The predicted octanol–water partition coefficient (Wildman–Crippen LogP) is 3.08. The van der Waals surface area contributed by atoms with Crippen LogP contribution in [0.4, 0.5) is 0 Å². The lowest BCUT2D eigenvalue weighted by Gasteiger charge is -2.06. The molecule has 82 valence electrons. The molecular formula is C13H12O3. The minimum Gasteiger partial charge on any atom is -0.496 e. The van der Waals surface area contributed by atoms with Gasteiger partial charge in [-0.3, -0.25) is 4.79 Å². The van der Waals surface area contributed by atoms with Crippen LogP contribution in [0.2, 0.25) is 0 Å². The van der Waals surface area contributed by atoms with Gasteiger partial charge in [0.15, 0.2) is 0 Å². The number of furan rings is 1. The number of aldehydes is 1. The van der Waals surface area contributed by atoms with Gasteiger partial charge in [-0.1, -0.05) is 6.07 Å². The van der Waals surface area contributed by atoms with Gasteiger partial charge in [-0.15, -0.1) is 0 Å².